The molecule has 3 fully saturated rings. The summed E-state index contributed by atoms with van der Waals surface area (Å²) in [5.74, 6) is 0.0202. The van der Waals surface area contributed by atoms with Crippen molar-refractivity contribution in [1.82, 2.24) is 10.2 Å². The summed E-state index contributed by atoms with van der Waals surface area (Å²) < 4.78 is 0. The number of rotatable bonds is 4. The van der Waals surface area contributed by atoms with Gasteiger partial charge in [0.05, 0.1) is 0 Å². The Hall–Kier alpha value is -1.39. The third-order valence-electron chi connectivity index (χ3n) is 4.85. The van der Waals surface area contributed by atoms with Crippen LogP contribution < -0.4 is 5.32 Å². The molecule has 1 aliphatic heterocycles. The molecule has 1 heterocycles. The lowest BCUT2D eigenvalue weighted by Crippen LogP contribution is -2.68. The number of hydrogen-bond acceptors (Lipinski definition) is 3. The fraction of sp³-hybridized carbons (Fsp3) is 0.786. The van der Waals surface area contributed by atoms with Gasteiger partial charge >= 0.3 is 6.03 Å². The first-order valence-corrected chi connectivity index (χ1v) is 7.27. The van der Waals surface area contributed by atoms with Crippen LogP contribution >= 0.6 is 0 Å². The fourth-order valence-corrected chi connectivity index (χ4v) is 3.19. The van der Waals surface area contributed by atoms with Crippen LogP contribution in [-0.2, 0) is 9.59 Å². The second-order valence-corrected chi connectivity index (χ2v) is 6.11. The molecule has 3 rings (SSSR count). The van der Waals surface area contributed by atoms with Crippen LogP contribution in [0.5, 0.6) is 0 Å². The molecule has 1 spiro atoms. The molecule has 1 unspecified atom stereocenters. The van der Waals surface area contributed by atoms with Gasteiger partial charge in [-0.25, -0.2) is 4.79 Å². The summed E-state index contributed by atoms with van der Waals surface area (Å²) in [5.41, 5.74) is -0.926. The molecule has 0 radical (unpaired) electrons. The molecule has 4 amide bonds. The third kappa shape index (κ3) is 1.86. The zero-order valence-electron chi connectivity index (χ0n) is 11.3. The van der Waals surface area contributed by atoms with Crippen LogP contribution in [0.4, 0.5) is 4.79 Å². The van der Waals surface area contributed by atoms with Crippen LogP contribution in [-0.4, -0.2) is 28.8 Å². The summed E-state index contributed by atoms with van der Waals surface area (Å²) in [7, 11) is 0. The van der Waals surface area contributed by atoms with E-state index in [4.69, 9.17) is 0 Å². The van der Waals surface area contributed by atoms with Gasteiger partial charge in [-0.1, -0.05) is 26.2 Å². The highest BCUT2D eigenvalue weighted by molar-refractivity contribution is 6.19. The third-order valence-corrected chi connectivity index (χ3v) is 4.85. The minimum absolute atomic E-state index is 0.0504. The lowest BCUT2D eigenvalue weighted by molar-refractivity contribution is -0.159. The van der Waals surface area contributed by atoms with E-state index in [1.807, 2.05) is 6.92 Å². The van der Waals surface area contributed by atoms with Crippen molar-refractivity contribution in [1.29, 1.82) is 0 Å². The fourth-order valence-electron chi connectivity index (χ4n) is 3.19. The van der Waals surface area contributed by atoms with Crippen molar-refractivity contribution < 1.29 is 14.4 Å². The largest absolute Gasteiger partial charge is 0.331 e. The molecule has 2 saturated carbocycles. The summed E-state index contributed by atoms with van der Waals surface area (Å²) in [4.78, 5) is 37.9. The van der Waals surface area contributed by atoms with Gasteiger partial charge in [-0.15, -0.1) is 0 Å². The number of imide groups is 2. The molecule has 19 heavy (non-hydrogen) atoms. The van der Waals surface area contributed by atoms with Crippen molar-refractivity contribution in [3.63, 3.8) is 0 Å². The summed E-state index contributed by atoms with van der Waals surface area (Å²) >= 11 is 0. The lowest BCUT2D eigenvalue weighted by Gasteiger charge is -2.46. The second-order valence-electron chi connectivity index (χ2n) is 6.11. The van der Waals surface area contributed by atoms with Gasteiger partial charge in [0.2, 0.25) is 11.8 Å². The number of amides is 4. The average molecular weight is 264 g/mol. The average Bonchev–Trinajstić information content (AvgIpc) is 3.09. The number of nitrogens with zero attached hydrogens (tertiary/aromatic N) is 1. The van der Waals surface area contributed by atoms with Gasteiger partial charge in [0, 0.05) is 6.04 Å². The highest BCUT2D eigenvalue weighted by atomic mass is 16.2. The maximum Gasteiger partial charge on any atom is 0.331 e. The molecule has 5 heteroatoms. The van der Waals surface area contributed by atoms with E-state index in [0.29, 0.717) is 18.8 Å². The predicted molar refractivity (Wildman–Crippen MR) is 68.1 cm³/mol. The predicted octanol–water partition coefficient (Wildman–Crippen LogP) is 1.81. The first-order chi connectivity index (χ1) is 9.08. The molecule has 104 valence electrons. The molecular formula is C14H20N2O3. The second kappa shape index (κ2) is 4.32. The van der Waals surface area contributed by atoms with Crippen LogP contribution in [0, 0.1) is 11.3 Å². The Morgan fingerprint density at radius 3 is 2.47 bits per heavy atom. The van der Waals surface area contributed by atoms with E-state index < -0.39 is 11.4 Å². The smallest absolute Gasteiger partial charge is 0.277 e. The Morgan fingerprint density at radius 1 is 1.32 bits per heavy atom. The zero-order valence-corrected chi connectivity index (χ0v) is 11.3. The van der Waals surface area contributed by atoms with Crippen molar-refractivity contribution in [2.24, 2.45) is 11.3 Å². The highest BCUT2D eigenvalue weighted by Gasteiger charge is 2.58. The maximum atomic E-state index is 12.6. The molecule has 0 aromatic carbocycles. The maximum absolute atomic E-state index is 12.6. The minimum Gasteiger partial charge on any atom is -0.277 e. The van der Waals surface area contributed by atoms with Gasteiger partial charge in [0.1, 0.15) is 5.41 Å². The number of nitrogens with one attached hydrogen (secondary N) is 1. The van der Waals surface area contributed by atoms with Gasteiger partial charge in [-0.05, 0) is 31.6 Å². The summed E-state index contributed by atoms with van der Waals surface area (Å²) in [6.45, 7) is 2.00. The number of barbiturate groups is 1. The van der Waals surface area contributed by atoms with Gasteiger partial charge in [-0.3, -0.25) is 19.8 Å². The van der Waals surface area contributed by atoms with E-state index in [-0.39, 0.29) is 17.9 Å². The molecule has 0 bridgehead atoms. The Morgan fingerprint density at radius 2 is 2.00 bits per heavy atom. The van der Waals surface area contributed by atoms with E-state index in [1.165, 1.54) is 17.7 Å². The zero-order chi connectivity index (χ0) is 13.6. The molecule has 1 N–H and O–H groups in total. The Kier molecular flexibility index (Phi) is 2.87. The summed E-state index contributed by atoms with van der Waals surface area (Å²) in [6.07, 6.45) is 6.11. The van der Waals surface area contributed by atoms with Crippen molar-refractivity contribution >= 4 is 17.8 Å². The van der Waals surface area contributed by atoms with Crippen LogP contribution in [0.2, 0.25) is 0 Å². The Labute approximate surface area is 112 Å². The van der Waals surface area contributed by atoms with E-state index in [0.717, 1.165) is 19.3 Å². The van der Waals surface area contributed by atoms with Crippen LogP contribution in [0.15, 0.2) is 0 Å². The van der Waals surface area contributed by atoms with Crippen LogP contribution in [0.1, 0.15) is 51.9 Å². The molecule has 1 atom stereocenters. The van der Waals surface area contributed by atoms with E-state index >= 15 is 0 Å². The van der Waals surface area contributed by atoms with Crippen molar-refractivity contribution in [3.05, 3.63) is 0 Å². The summed E-state index contributed by atoms with van der Waals surface area (Å²) in [5, 5.41) is 2.39. The standard InChI is InChI=1S/C14H20N2O3/c1-2-10(8-9-4-5-9)16-12(18)14(6-3-7-14)11(17)15-13(16)19/h9-10H,2-8H2,1H3,(H,15,17,19). The molecule has 3 aliphatic rings. The topological polar surface area (TPSA) is 66.5 Å². The number of carbonyl (C=O) groups is 3. The lowest BCUT2D eigenvalue weighted by atomic mass is 9.66. The molecular weight excluding hydrogens is 244 g/mol. The number of hydrogen-bond donors (Lipinski definition) is 1. The summed E-state index contributed by atoms with van der Waals surface area (Å²) in [6, 6.07) is -0.564. The van der Waals surface area contributed by atoms with Crippen molar-refractivity contribution in [3.8, 4) is 0 Å². The van der Waals surface area contributed by atoms with E-state index in [1.54, 1.807) is 0 Å². The molecule has 0 aromatic rings. The number of carbonyl (C=O) groups excluding carboxylic acids is 3. The minimum atomic E-state index is -0.926. The molecule has 2 aliphatic carbocycles. The van der Waals surface area contributed by atoms with Gasteiger partial charge in [-0.2, -0.15) is 0 Å². The van der Waals surface area contributed by atoms with E-state index in [2.05, 4.69) is 5.32 Å². The quantitative estimate of drug-likeness (QED) is 0.787. The van der Waals surface area contributed by atoms with Crippen molar-refractivity contribution in [2.75, 3.05) is 0 Å². The Balaban J connectivity index is 1.83. The normalized spacial score (nSPS) is 27.2. The highest BCUT2D eigenvalue weighted by Crippen LogP contribution is 2.46. The van der Waals surface area contributed by atoms with Crippen LogP contribution in [0.25, 0.3) is 0 Å². The SMILES string of the molecule is CCC(CC1CC1)N1C(=O)NC(=O)C2(CCC2)C1=O. The van der Waals surface area contributed by atoms with Crippen molar-refractivity contribution in [2.45, 2.75) is 57.9 Å². The first-order valence-electron chi connectivity index (χ1n) is 7.27. The van der Waals surface area contributed by atoms with Crippen LogP contribution in [0.3, 0.4) is 0 Å². The Bertz CT molecular complexity index is 438. The molecule has 1 saturated heterocycles. The van der Waals surface area contributed by atoms with Gasteiger partial charge in [0.25, 0.3) is 0 Å². The molecule has 0 aromatic heterocycles. The first kappa shape index (κ1) is 12.6. The monoisotopic (exact) mass is 264 g/mol. The van der Waals surface area contributed by atoms with Gasteiger partial charge in [0.15, 0.2) is 0 Å². The molecule has 5 nitrogen and oxygen atoms in total. The number of urea groups is 1. The van der Waals surface area contributed by atoms with E-state index in [9.17, 15) is 14.4 Å². The van der Waals surface area contributed by atoms with Gasteiger partial charge < -0.3 is 0 Å².